The van der Waals surface area contributed by atoms with Crippen LogP contribution in [-0.2, 0) is 4.79 Å². The third-order valence-corrected chi connectivity index (χ3v) is 2.45. The van der Waals surface area contributed by atoms with Crippen molar-refractivity contribution in [1.82, 2.24) is 5.32 Å². The Morgan fingerprint density at radius 1 is 1.26 bits per heavy atom. The molecule has 0 aliphatic heterocycles. The van der Waals surface area contributed by atoms with Crippen molar-refractivity contribution < 1.29 is 9.59 Å². The Morgan fingerprint density at radius 2 is 1.95 bits per heavy atom. The topological polar surface area (TPSA) is 84.2 Å². The van der Waals surface area contributed by atoms with Crippen LogP contribution in [0.1, 0.15) is 23.2 Å². The molecule has 5 heteroatoms. The molecule has 0 bridgehead atoms. The van der Waals surface area contributed by atoms with E-state index in [-0.39, 0.29) is 11.8 Å². The number of hydrogen-bond acceptors (Lipinski definition) is 3. The van der Waals surface area contributed by atoms with Gasteiger partial charge in [-0.2, -0.15) is 0 Å². The average molecular weight is 261 g/mol. The smallest absolute Gasteiger partial charge is 0.251 e. The molecular formula is C14H19N3O2. The number of nitrogens with two attached hydrogens (primary N) is 1. The van der Waals surface area contributed by atoms with Crippen molar-refractivity contribution >= 4 is 17.5 Å². The number of amides is 2. The van der Waals surface area contributed by atoms with Crippen LogP contribution < -0.4 is 16.4 Å². The van der Waals surface area contributed by atoms with Crippen molar-refractivity contribution in [2.45, 2.75) is 12.8 Å². The molecule has 0 radical (unpaired) electrons. The normalized spacial score (nSPS) is 9.74. The summed E-state index contributed by atoms with van der Waals surface area (Å²) in [6, 6.07) is 6.72. The third-order valence-electron chi connectivity index (χ3n) is 2.45. The second-order valence-electron chi connectivity index (χ2n) is 4.02. The highest BCUT2D eigenvalue weighted by atomic mass is 16.2. The minimum absolute atomic E-state index is 0.0747. The number of rotatable bonds is 7. The lowest BCUT2D eigenvalue weighted by Gasteiger charge is -2.06. The summed E-state index contributed by atoms with van der Waals surface area (Å²) in [6.07, 6.45) is 2.68. The van der Waals surface area contributed by atoms with Gasteiger partial charge in [0.2, 0.25) is 5.91 Å². The Balaban J connectivity index is 2.53. The molecule has 0 atom stereocenters. The van der Waals surface area contributed by atoms with Crippen molar-refractivity contribution in [3.63, 3.8) is 0 Å². The largest absolute Gasteiger partial charge is 0.349 e. The third kappa shape index (κ3) is 5.35. The Morgan fingerprint density at radius 3 is 2.53 bits per heavy atom. The molecular weight excluding hydrogens is 242 g/mol. The second kappa shape index (κ2) is 8.05. The van der Waals surface area contributed by atoms with Gasteiger partial charge in [0.25, 0.3) is 5.91 Å². The maximum atomic E-state index is 11.6. The van der Waals surface area contributed by atoms with Crippen LogP contribution in [0.15, 0.2) is 36.9 Å². The zero-order chi connectivity index (χ0) is 14.1. The molecule has 0 saturated carbocycles. The van der Waals surface area contributed by atoms with Crippen molar-refractivity contribution in [3.8, 4) is 0 Å². The van der Waals surface area contributed by atoms with Crippen LogP contribution in [0.25, 0.3) is 0 Å². The first-order valence-corrected chi connectivity index (χ1v) is 6.16. The van der Waals surface area contributed by atoms with Gasteiger partial charge in [-0.25, -0.2) is 0 Å². The molecule has 0 unspecified atom stereocenters. The van der Waals surface area contributed by atoms with Gasteiger partial charge >= 0.3 is 0 Å². The number of hydrogen-bond donors (Lipinski definition) is 3. The number of benzene rings is 1. The van der Waals surface area contributed by atoms with Crippen LogP contribution in [0.3, 0.4) is 0 Å². The maximum absolute atomic E-state index is 11.6. The molecule has 2 amide bonds. The van der Waals surface area contributed by atoms with Gasteiger partial charge in [-0.15, -0.1) is 6.58 Å². The minimum atomic E-state index is -0.166. The van der Waals surface area contributed by atoms with Crippen LogP contribution in [0.5, 0.6) is 0 Å². The molecule has 0 fully saturated rings. The quantitative estimate of drug-likeness (QED) is 0.646. The standard InChI is InChI=1S/C14H19N3O2/c1-2-10-16-14(19)11-5-7-12(8-6-11)17-13(18)4-3-9-15/h2,5-8H,1,3-4,9-10,15H2,(H,16,19)(H,17,18). The second-order valence-corrected chi connectivity index (χ2v) is 4.02. The molecule has 5 nitrogen and oxygen atoms in total. The first-order chi connectivity index (χ1) is 9.17. The SMILES string of the molecule is C=CCNC(=O)c1ccc(NC(=O)CCCN)cc1. The summed E-state index contributed by atoms with van der Waals surface area (Å²) in [5.41, 5.74) is 6.54. The van der Waals surface area contributed by atoms with Crippen molar-refractivity contribution in [2.75, 3.05) is 18.4 Å². The number of carbonyl (C=O) groups excluding carboxylic acids is 2. The number of anilines is 1. The van der Waals surface area contributed by atoms with Crippen molar-refractivity contribution in [1.29, 1.82) is 0 Å². The Bertz CT molecular complexity index is 441. The molecule has 0 aliphatic rings. The van der Waals surface area contributed by atoms with Gasteiger partial charge in [-0.1, -0.05) is 6.08 Å². The van der Waals surface area contributed by atoms with E-state index in [1.165, 1.54) is 0 Å². The van der Waals surface area contributed by atoms with Gasteiger partial charge in [0.05, 0.1) is 0 Å². The molecule has 0 spiro atoms. The fourth-order valence-corrected chi connectivity index (χ4v) is 1.46. The summed E-state index contributed by atoms with van der Waals surface area (Å²) in [7, 11) is 0. The Labute approximate surface area is 112 Å². The summed E-state index contributed by atoms with van der Waals surface area (Å²) in [4.78, 5) is 23.1. The first kappa shape index (κ1) is 14.9. The maximum Gasteiger partial charge on any atom is 0.251 e. The van der Waals surface area contributed by atoms with E-state index < -0.39 is 0 Å². The first-order valence-electron chi connectivity index (χ1n) is 6.16. The zero-order valence-electron chi connectivity index (χ0n) is 10.8. The summed E-state index contributed by atoms with van der Waals surface area (Å²) in [5, 5.41) is 5.42. The van der Waals surface area contributed by atoms with Crippen molar-refractivity contribution in [3.05, 3.63) is 42.5 Å². The van der Waals surface area contributed by atoms with E-state index >= 15 is 0 Å². The van der Waals surface area contributed by atoms with Crippen LogP contribution in [0.4, 0.5) is 5.69 Å². The lowest BCUT2D eigenvalue weighted by Crippen LogP contribution is -2.23. The fraction of sp³-hybridized carbons (Fsp3) is 0.286. The molecule has 0 aromatic heterocycles. The summed E-state index contributed by atoms with van der Waals surface area (Å²) >= 11 is 0. The highest BCUT2D eigenvalue weighted by Crippen LogP contribution is 2.10. The molecule has 19 heavy (non-hydrogen) atoms. The highest BCUT2D eigenvalue weighted by Gasteiger charge is 2.05. The molecule has 0 heterocycles. The summed E-state index contributed by atoms with van der Waals surface area (Å²) < 4.78 is 0. The zero-order valence-corrected chi connectivity index (χ0v) is 10.8. The fourth-order valence-electron chi connectivity index (χ4n) is 1.46. The molecule has 102 valence electrons. The monoisotopic (exact) mass is 261 g/mol. The van der Waals surface area contributed by atoms with Gasteiger partial charge in [-0.05, 0) is 37.2 Å². The van der Waals surface area contributed by atoms with E-state index in [0.717, 1.165) is 0 Å². The highest BCUT2D eigenvalue weighted by molar-refractivity contribution is 5.95. The predicted octanol–water partition coefficient (Wildman–Crippen LogP) is 1.28. The van der Waals surface area contributed by atoms with Crippen LogP contribution in [0, 0.1) is 0 Å². The minimum Gasteiger partial charge on any atom is -0.349 e. The van der Waals surface area contributed by atoms with E-state index in [1.807, 2.05) is 0 Å². The molecule has 0 aliphatic carbocycles. The summed E-state index contributed by atoms with van der Waals surface area (Å²) in [6.45, 7) is 4.45. The predicted molar refractivity (Wildman–Crippen MR) is 75.9 cm³/mol. The van der Waals surface area contributed by atoms with Crippen LogP contribution >= 0.6 is 0 Å². The molecule has 1 aromatic carbocycles. The number of carbonyl (C=O) groups is 2. The van der Waals surface area contributed by atoms with Gasteiger partial charge < -0.3 is 16.4 Å². The van der Waals surface area contributed by atoms with Gasteiger partial charge in [0, 0.05) is 24.2 Å². The Kier molecular flexibility index (Phi) is 6.32. The molecule has 1 rings (SSSR count). The molecule has 4 N–H and O–H groups in total. The van der Waals surface area contributed by atoms with E-state index in [1.54, 1.807) is 30.3 Å². The lowest BCUT2D eigenvalue weighted by molar-refractivity contribution is -0.116. The molecule has 1 aromatic rings. The van der Waals surface area contributed by atoms with Crippen LogP contribution in [0.2, 0.25) is 0 Å². The summed E-state index contributed by atoms with van der Waals surface area (Å²) in [5.74, 6) is -0.241. The van der Waals surface area contributed by atoms with Gasteiger partial charge in [0.15, 0.2) is 0 Å². The van der Waals surface area contributed by atoms with E-state index in [2.05, 4.69) is 17.2 Å². The van der Waals surface area contributed by atoms with E-state index in [4.69, 9.17) is 5.73 Å². The molecule has 0 saturated heterocycles. The van der Waals surface area contributed by atoms with E-state index in [0.29, 0.717) is 37.2 Å². The lowest BCUT2D eigenvalue weighted by atomic mass is 10.2. The number of nitrogens with one attached hydrogen (secondary N) is 2. The van der Waals surface area contributed by atoms with Gasteiger partial charge in [0.1, 0.15) is 0 Å². The van der Waals surface area contributed by atoms with Crippen molar-refractivity contribution in [2.24, 2.45) is 5.73 Å². The van der Waals surface area contributed by atoms with Gasteiger partial charge in [-0.3, -0.25) is 9.59 Å². The van der Waals surface area contributed by atoms with E-state index in [9.17, 15) is 9.59 Å². The van der Waals surface area contributed by atoms with Crippen LogP contribution in [-0.4, -0.2) is 24.9 Å². The Hall–Kier alpha value is -2.14. The average Bonchev–Trinajstić information content (AvgIpc) is 2.43.